The second-order valence-corrected chi connectivity index (χ2v) is 5.54. The fourth-order valence-corrected chi connectivity index (χ4v) is 2.67. The summed E-state index contributed by atoms with van der Waals surface area (Å²) in [6.07, 6.45) is 2.59. The molecule has 0 aliphatic carbocycles. The summed E-state index contributed by atoms with van der Waals surface area (Å²) < 4.78 is 0. The lowest BCUT2D eigenvalue weighted by Crippen LogP contribution is -2.39. The predicted octanol–water partition coefficient (Wildman–Crippen LogP) is 1.79. The van der Waals surface area contributed by atoms with Gasteiger partial charge < -0.3 is 15.1 Å². The van der Waals surface area contributed by atoms with E-state index in [4.69, 9.17) is 0 Å². The number of rotatable bonds is 8. The number of nitrogens with zero attached hydrogens (tertiary/aromatic N) is 2. The van der Waals surface area contributed by atoms with E-state index in [1.54, 1.807) is 0 Å². The van der Waals surface area contributed by atoms with Crippen molar-refractivity contribution in [2.75, 3.05) is 39.3 Å². The highest BCUT2D eigenvalue weighted by Gasteiger charge is 2.22. The maximum Gasteiger partial charge on any atom is 0.0209 e. The van der Waals surface area contributed by atoms with E-state index in [0.29, 0.717) is 6.04 Å². The summed E-state index contributed by atoms with van der Waals surface area (Å²) in [4.78, 5) is 5.17. The van der Waals surface area contributed by atoms with E-state index < -0.39 is 0 Å². The van der Waals surface area contributed by atoms with Gasteiger partial charge in [-0.05, 0) is 32.5 Å². The molecule has 0 radical (unpaired) electrons. The Bertz CT molecular complexity index is 194. The third-order valence-corrected chi connectivity index (χ3v) is 3.56. The molecule has 0 spiro atoms. The van der Waals surface area contributed by atoms with Gasteiger partial charge in [-0.25, -0.2) is 0 Å². The van der Waals surface area contributed by atoms with Gasteiger partial charge in [-0.2, -0.15) is 0 Å². The van der Waals surface area contributed by atoms with Crippen molar-refractivity contribution in [3.63, 3.8) is 0 Å². The first-order valence-corrected chi connectivity index (χ1v) is 7.36. The Balaban J connectivity index is 2.16. The molecule has 0 aromatic heterocycles. The van der Waals surface area contributed by atoms with E-state index in [1.165, 1.54) is 52.1 Å². The predicted molar refractivity (Wildman–Crippen MR) is 75.5 cm³/mol. The molecule has 0 aromatic rings. The lowest BCUT2D eigenvalue weighted by Gasteiger charge is -2.24. The Morgan fingerprint density at radius 3 is 2.65 bits per heavy atom. The molecule has 1 N–H and O–H groups in total. The highest BCUT2D eigenvalue weighted by molar-refractivity contribution is 4.82. The van der Waals surface area contributed by atoms with Crippen LogP contribution in [-0.2, 0) is 0 Å². The smallest absolute Gasteiger partial charge is 0.0209 e. The van der Waals surface area contributed by atoms with Crippen LogP contribution >= 0.6 is 0 Å². The van der Waals surface area contributed by atoms with Crippen LogP contribution in [0.5, 0.6) is 0 Å². The zero-order chi connectivity index (χ0) is 12.7. The van der Waals surface area contributed by atoms with E-state index in [9.17, 15) is 0 Å². The number of nitrogens with one attached hydrogen (secondary N) is 1. The van der Waals surface area contributed by atoms with E-state index in [0.717, 1.165) is 6.04 Å². The third kappa shape index (κ3) is 5.84. The minimum absolute atomic E-state index is 0.618. The summed E-state index contributed by atoms with van der Waals surface area (Å²) in [6.45, 7) is 16.4. The fraction of sp³-hybridized carbons (Fsp3) is 1.00. The lowest BCUT2D eigenvalue weighted by molar-refractivity contribution is 0.230. The Hall–Kier alpha value is -0.120. The highest BCUT2D eigenvalue weighted by Crippen LogP contribution is 2.09. The largest absolute Gasteiger partial charge is 0.310 e. The van der Waals surface area contributed by atoms with Crippen molar-refractivity contribution >= 4 is 0 Å². The Labute approximate surface area is 108 Å². The summed E-state index contributed by atoms with van der Waals surface area (Å²) in [5, 5.41) is 3.64. The van der Waals surface area contributed by atoms with Crippen molar-refractivity contribution in [2.24, 2.45) is 0 Å². The van der Waals surface area contributed by atoms with Gasteiger partial charge in [-0.1, -0.05) is 27.7 Å². The maximum absolute atomic E-state index is 3.64. The van der Waals surface area contributed by atoms with E-state index in [1.807, 2.05) is 0 Å². The molecule has 1 aliphatic heterocycles. The van der Waals surface area contributed by atoms with Crippen molar-refractivity contribution < 1.29 is 0 Å². The summed E-state index contributed by atoms with van der Waals surface area (Å²) in [6, 6.07) is 1.34. The Morgan fingerprint density at radius 2 is 2.06 bits per heavy atom. The highest BCUT2D eigenvalue weighted by atomic mass is 15.2. The van der Waals surface area contributed by atoms with Crippen LogP contribution in [0.3, 0.4) is 0 Å². The Kier molecular flexibility index (Phi) is 7.09. The van der Waals surface area contributed by atoms with Crippen molar-refractivity contribution in [1.29, 1.82) is 0 Å². The zero-order valence-corrected chi connectivity index (χ0v) is 12.2. The maximum atomic E-state index is 3.64. The third-order valence-electron chi connectivity index (χ3n) is 3.56. The van der Waals surface area contributed by atoms with Crippen molar-refractivity contribution in [3.05, 3.63) is 0 Å². The summed E-state index contributed by atoms with van der Waals surface area (Å²) in [5.41, 5.74) is 0. The molecule has 1 rings (SSSR count). The number of likely N-dealkylation sites (N-methyl/N-ethyl adjacent to an activating group) is 1. The second-order valence-electron chi connectivity index (χ2n) is 5.54. The van der Waals surface area contributed by atoms with Crippen molar-refractivity contribution in [1.82, 2.24) is 15.1 Å². The molecule has 0 bridgehead atoms. The summed E-state index contributed by atoms with van der Waals surface area (Å²) in [5.74, 6) is 0. The Morgan fingerprint density at radius 1 is 1.29 bits per heavy atom. The molecular formula is C14H31N3. The molecule has 1 fully saturated rings. The quantitative estimate of drug-likeness (QED) is 0.699. The molecule has 0 saturated carbocycles. The lowest BCUT2D eigenvalue weighted by atomic mass is 10.2. The normalized spacial score (nSPS) is 21.9. The summed E-state index contributed by atoms with van der Waals surface area (Å²) >= 11 is 0. The first-order chi connectivity index (χ1) is 8.15. The molecule has 102 valence electrons. The van der Waals surface area contributed by atoms with Gasteiger partial charge in [0.1, 0.15) is 0 Å². The first kappa shape index (κ1) is 14.9. The molecule has 0 aromatic carbocycles. The van der Waals surface area contributed by atoms with Crippen molar-refractivity contribution in [3.8, 4) is 0 Å². The van der Waals surface area contributed by atoms with Gasteiger partial charge in [0.2, 0.25) is 0 Å². The molecular weight excluding hydrogens is 210 g/mol. The SMILES string of the molecule is CCCN(CC)CCN1CCC(NC(C)C)C1. The van der Waals surface area contributed by atoms with E-state index in [-0.39, 0.29) is 0 Å². The molecule has 3 heteroatoms. The molecule has 1 unspecified atom stereocenters. The standard InChI is InChI=1S/C14H31N3/c1-5-8-16(6-2)10-11-17-9-7-14(12-17)15-13(3)4/h13-15H,5-12H2,1-4H3. The van der Waals surface area contributed by atoms with Crippen LogP contribution in [-0.4, -0.2) is 61.2 Å². The van der Waals surface area contributed by atoms with Crippen LogP contribution in [0, 0.1) is 0 Å². The van der Waals surface area contributed by atoms with Gasteiger partial charge in [0.05, 0.1) is 0 Å². The molecule has 1 saturated heterocycles. The molecule has 1 aliphatic rings. The van der Waals surface area contributed by atoms with Gasteiger partial charge in [-0.15, -0.1) is 0 Å². The monoisotopic (exact) mass is 241 g/mol. The number of hydrogen-bond donors (Lipinski definition) is 1. The number of likely N-dealkylation sites (tertiary alicyclic amines) is 1. The van der Waals surface area contributed by atoms with Gasteiger partial charge in [-0.3, -0.25) is 0 Å². The van der Waals surface area contributed by atoms with Gasteiger partial charge in [0, 0.05) is 31.7 Å². The molecule has 3 nitrogen and oxygen atoms in total. The van der Waals surface area contributed by atoms with Crippen LogP contribution in [0.15, 0.2) is 0 Å². The zero-order valence-electron chi connectivity index (χ0n) is 12.2. The average Bonchev–Trinajstić information content (AvgIpc) is 2.71. The van der Waals surface area contributed by atoms with Gasteiger partial charge >= 0.3 is 0 Å². The van der Waals surface area contributed by atoms with Gasteiger partial charge in [0.15, 0.2) is 0 Å². The van der Waals surface area contributed by atoms with E-state index in [2.05, 4.69) is 42.8 Å². The molecule has 1 atom stereocenters. The molecule has 17 heavy (non-hydrogen) atoms. The van der Waals surface area contributed by atoms with Crippen LogP contribution in [0.4, 0.5) is 0 Å². The van der Waals surface area contributed by atoms with Crippen LogP contribution in [0.2, 0.25) is 0 Å². The van der Waals surface area contributed by atoms with Crippen LogP contribution < -0.4 is 5.32 Å². The molecule has 0 amide bonds. The summed E-state index contributed by atoms with van der Waals surface area (Å²) in [7, 11) is 0. The topological polar surface area (TPSA) is 18.5 Å². The average molecular weight is 241 g/mol. The van der Waals surface area contributed by atoms with Crippen LogP contribution in [0.25, 0.3) is 0 Å². The van der Waals surface area contributed by atoms with Crippen molar-refractivity contribution in [2.45, 2.75) is 52.6 Å². The molecule has 1 heterocycles. The van der Waals surface area contributed by atoms with E-state index >= 15 is 0 Å². The minimum atomic E-state index is 0.618. The van der Waals surface area contributed by atoms with Crippen LogP contribution in [0.1, 0.15) is 40.5 Å². The second kappa shape index (κ2) is 8.06. The minimum Gasteiger partial charge on any atom is -0.310 e. The first-order valence-electron chi connectivity index (χ1n) is 7.36. The number of hydrogen-bond acceptors (Lipinski definition) is 3. The fourth-order valence-electron chi connectivity index (χ4n) is 2.67. The van der Waals surface area contributed by atoms with Gasteiger partial charge in [0.25, 0.3) is 0 Å².